The average Bonchev–Trinajstić information content (AvgIpc) is 2.45. The molecule has 0 fully saturated rings. The molecule has 0 aliphatic carbocycles. The van der Waals surface area contributed by atoms with Crippen LogP contribution in [0.5, 0.6) is 11.5 Å². The van der Waals surface area contributed by atoms with Gasteiger partial charge in [0.1, 0.15) is 6.61 Å². The molecule has 2 rings (SSSR count). The molecule has 0 N–H and O–H groups in total. The first-order valence-electron chi connectivity index (χ1n) is 5.54. The number of aromatic nitrogens is 1. The summed E-state index contributed by atoms with van der Waals surface area (Å²) in [4.78, 5) is 4.14. The maximum absolute atomic E-state index is 8.82. The summed E-state index contributed by atoms with van der Waals surface area (Å²) in [6.07, 6.45) is 1.62. The second kappa shape index (κ2) is 6.07. The Labute approximate surface area is 116 Å². The fourth-order valence-electron chi connectivity index (χ4n) is 1.54. The number of nitriles is 1. The molecule has 1 aromatic heterocycles. The lowest BCUT2D eigenvalue weighted by atomic mass is 10.2. The summed E-state index contributed by atoms with van der Waals surface area (Å²) in [7, 11) is 1.53. The van der Waals surface area contributed by atoms with Crippen LogP contribution in [0.3, 0.4) is 0 Å². The van der Waals surface area contributed by atoms with Crippen molar-refractivity contribution in [2.75, 3.05) is 7.11 Å². The third-order valence-electron chi connectivity index (χ3n) is 2.45. The first-order valence-corrected chi connectivity index (χ1v) is 5.92. The molecule has 19 heavy (non-hydrogen) atoms. The van der Waals surface area contributed by atoms with Gasteiger partial charge in [0, 0.05) is 17.3 Å². The molecule has 0 bridgehead atoms. The second-order valence-corrected chi connectivity index (χ2v) is 4.17. The summed E-state index contributed by atoms with van der Waals surface area (Å²) < 4.78 is 10.8. The molecule has 0 unspecified atom stereocenters. The second-order valence-electron chi connectivity index (χ2n) is 3.73. The van der Waals surface area contributed by atoms with E-state index in [0.29, 0.717) is 22.1 Å². The van der Waals surface area contributed by atoms with Crippen molar-refractivity contribution in [2.24, 2.45) is 0 Å². The van der Waals surface area contributed by atoms with Gasteiger partial charge in [0.2, 0.25) is 0 Å². The van der Waals surface area contributed by atoms with E-state index in [1.807, 2.05) is 6.07 Å². The largest absolute Gasteiger partial charge is 0.493 e. The number of benzene rings is 1. The zero-order valence-electron chi connectivity index (χ0n) is 10.3. The van der Waals surface area contributed by atoms with Gasteiger partial charge < -0.3 is 9.47 Å². The Morgan fingerprint density at radius 2 is 2.11 bits per heavy atom. The van der Waals surface area contributed by atoms with Gasteiger partial charge in [0.05, 0.1) is 24.4 Å². The maximum Gasteiger partial charge on any atom is 0.162 e. The van der Waals surface area contributed by atoms with Crippen molar-refractivity contribution >= 4 is 11.6 Å². The Kier molecular flexibility index (Phi) is 4.22. The van der Waals surface area contributed by atoms with Crippen molar-refractivity contribution in [3.8, 4) is 17.6 Å². The number of hydrogen-bond donors (Lipinski definition) is 0. The normalized spacial score (nSPS) is 9.74. The Bertz CT molecular complexity index is 623. The number of rotatable bonds is 4. The first kappa shape index (κ1) is 13.2. The monoisotopic (exact) mass is 274 g/mol. The molecule has 5 heteroatoms. The summed E-state index contributed by atoms with van der Waals surface area (Å²) in [5, 5.41) is 9.43. The van der Waals surface area contributed by atoms with Crippen LogP contribution in [0.25, 0.3) is 0 Å². The summed E-state index contributed by atoms with van der Waals surface area (Å²) in [6.45, 7) is 0.281. The lowest BCUT2D eigenvalue weighted by Crippen LogP contribution is -1.99. The minimum absolute atomic E-state index is 0.281. The molecule has 0 aliphatic rings. The number of nitrogens with zero attached hydrogens (tertiary/aromatic N) is 2. The van der Waals surface area contributed by atoms with Gasteiger partial charge in [-0.15, -0.1) is 0 Å². The summed E-state index contributed by atoms with van der Waals surface area (Å²) in [5.74, 6) is 1.07. The van der Waals surface area contributed by atoms with Gasteiger partial charge in [0.25, 0.3) is 0 Å². The minimum atomic E-state index is 0.281. The van der Waals surface area contributed by atoms with E-state index < -0.39 is 0 Å². The molecule has 0 aliphatic heterocycles. The highest BCUT2D eigenvalue weighted by Gasteiger charge is 2.06. The molecule has 4 nitrogen and oxygen atoms in total. The van der Waals surface area contributed by atoms with E-state index in [2.05, 4.69) is 4.98 Å². The van der Waals surface area contributed by atoms with E-state index in [9.17, 15) is 0 Å². The average molecular weight is 275 g/mol. The predicted molar refractivity (Wildman–Crippen MR) is 71.3 cm³/mol. The van der Waals surface area contributed by atoms with Gasteiger partial charge in [0.15, 0.2) is 11.5 Å². The Balaban J connectivity index is 2.13. The van der Waals surface area contributed by atoms with Gasteiger partial charge in [-0.25, -0.2) is 0 Å². The van der Waals surface area contributed by atoms with Crippen LogP contribution in [0, 0.1) is 11.3 Å². The zero-order chi connectivity index (χ0) is 13.7. The summed E-state index contributed by atoms with van der Waals surface area (Å²) >= 11 is 5.87. The van der Waals surface area contributed by atoms with Crippen molar-refractivity contribution in [1.82, 2.24) is 4.98 Å². The molecule has 2 aromatic rings. The number of halogens is 1. The molecule has 0 spiro atoms. The number of ether oxygens (including phenoxy) is 2. The Morgan fingerprint density at radius 1 is 1.26 bits per heavy atom. The molecule has 96 valence electrons. The van der Waals surface area contributed by atoms with Gasteiger partial charge in [-0.3, -0.25) is 4.98 Å². The van der Waals surface area contributed by atoms with Crippen LogP contribution in [-0.4, -0.2) is 12.1 Å². The van der Waals surface area contributed by atoms with E-state index in [-0.39, 0.29) is 6.61 Å². The highest BCUT2D eigenvalue weighted by molar-refractivity contribution is 6.30. The Morgan fingerprint density at radius 3 is 2.79 bits per heavy atom. The highest BCUT2D eigenvalue weighted by atomic mass is 35.5. The smallest absolute Gasteiger partial charge is 0.162 e. The standard InChI is InChI=1S/C14H11ClN2O2/c1-18-14-6-10(8-16)2-3-13(14)19-9-12-7-11(15)4-5-17-12/h2-7H,9H2,1H3. The molecule has 0 amide bonds. The van der Waals surface area contributed by atoms with Crippen LogP contribution in [0.1, 0.15) is 11.3 Å². The summed E-state index contributed by atoms with van der Waals surface area (Å²) in [6, 6.07) is 10.5. The minimum Gasteiger partial charge on any atom is -0.493 e. The Hall–Kier alpha value is -2.25. The number of methoxy groups -OCH3 is 1. The fourth-order valence-corrected chi connectivity index (χ4v) is 1.72. The van der Waals surface area contributed by atoms with E-state index in [1.165, 1.54) is 7.11 Å². The van der Waals surface area contributed by atoms with Crippen molar-refractivity contribution in [1.29, 1.82) is 5.26 Å². The molecular weight excluding hydrogens is 264 g/mol. The van der Waals surface area contributed by atoms with E-state index in [4.69, 9.17) is 26.3 Å². The SMILES string of the molecule is COc1cc(C#N)ccc1OCc1cc(Cl)ccn1. The molecule has 1 aromatic carbocycles. The molecule has 0 radical (unpaired) electrons. The predicted octanol–water partition coefficient (Wildman–Crippen LogP) is 3.19. The van der Waals surface area contributed by atoms with Gasteiger partial charge >= 0.3 is 0 Å². The lowest BCUT2D eigenvalue weighted by Gasteiger charge is -2.10. The molecule has 0 saturated heterocycles. The molecule has 0 atom stereocenters. The van der Waals surface area contributed by atoms with Crippen LogP contribution in [-0.2, 0) is 6.61 Å². The van der Waals surface area contributed by atoms with Gasteiger partial charge in [-0.05, 0) is 24.3 Å². The van der Waals surface area contributed by atoms with Crippen molar-refractivity contribution in [2.45, 2.75) is 6.61 Å². The third-order valence-corrected chi connectivity index (χ3v) is 2.68. The molecule has 1 heterocycles. The quantitative estimate of drug-likeness (QED) is 0.859. The van der Waals surface area contributed by atoms with Crippen LogP contribution in [0.2, 0.25) is 5.02 Å². The van der Waals surface area contributed by atoms with Crippen molar-refractivity contribution in [3.63, 3.8) is 0 Å². The van der Waals surface area contributed by atoms with E-state index in [1.54, 1.807) is 36.5 Å². The third kappa shape index (κ3) is 3.36. The van der Waals surface area contributed by atoms with Crippen molar-refractivity contribution in [3.05, 3.63) is 52.8 Å². The van der Waals surface area contributed by atoms with E-state index in [0.717, 1.165) is 5.69 Å². The topological polar surface area (TPSA) is 55.1 Å². The maximum atomic E-state index is 8.82. The highest BCUT2D eigenvalue weighted by Crippen LogP contribution is 2.28. The van der Waals surface area contributed by atoms with Crippen molar-refractivity contribution < 1.29 is 9.47 Å². The van der Waals surface area contributed by atoms with E-state index >= 15 is 0 Å². The van der Waals surface area contributed by atoms with Crippen LogP contribution < -0.4 is 9.47 Å². The lowest BCUT2D eigenvalue weighted by molar-refractivity contribution is 0.280. The van der Waals surface area contributed by atoms with Crippen LogP contribution >= 0.6 is 11.6 Å². The number of pyridine rings is 1. The molecule has 0 saturated carbocycles. The van der Waals surface area contributed by atoms with Crippen LogP contribution in [0.15, 0.2) is 36.5 Å². The zero-order valence-corrected chi connectivity index (χ0v) is 11.0. The molecular formula is C14H11ClN2O2. The number of hydrogen-bond acceptors (Lipinski definition) is 4. The van der Waals surface area contributed by atoms with Gasteiger partial charge in [-0.1, -0.05) is 11.6 Å². The fraction of sp³-hybridized carbons (Fsp3) is 0.143. The summed E-state index contributed by atoms with van der Waals surface area (Å²) in [5.41, 5.74) is 1.24. The van der Waals surface area contributed by atoms with Crippen LogP contribution in [0.4, 0.5) is 0 Å². The van der Waals surface area contributed by atoms with Gasteiger partial charge in [-0.2, -0.15) is 5.26 Å². The first-order chi connectivity index (χ1) is 9.22.